The molecule has 2 saturated heterocycles. The van der Waals surface area contributed by atoms with Crippen LogP contribution in [0, 0.1) is 12.3 Å². The molecule has 27 heavy (non-hydrogen) atoms. The molecule has 144 valence electrons. The molecule has 0 aliphatic carbocycles. The van der Waals surface area contributed by atoms with Crippen molar-refractivity contribution in [3.05, 3.63) is 46.5 Å². The molecule has 2 fully saturated rings. The van der Waals surface area contributed by atoms with Crippen LogP contribution in [0.4, 0.5) is 0 Å². The van der Waals surface area contributed by atoms with Gasteiger partial charge in [0.2, 0.25) is 5.91 Å². The van der Waals surface area contributed by atoms with Gasteiger partial charge >= 0.3 is 0 Å². The number of pyridine rings is 1. The number of aryl methyl sites for hydroxylation is 1. The van der Waals surface area contributed by atoms with E-state index in [2.05, 4.69) is 32.3 Å². The third kappa shape index (κ3) is 3.15. The van der Waals surface area contributed by atoms with E-state index in [0.717, 1.165) is 42.6 Å². The summed E-state index contributed by atoms with van der Waals surface area (Å²) in [6.45, 7) is 5.29. The fraction of sp³-hybridized carbons (Fsp3) is 0.550. The van der Waals surface area contributed by atoms with Gasteiger partial charge < -0.3 is 5.32 Å². The highest BCUT2D eigenvalue weighted by atomic mass is 35.5. The average molecular weight is 388 g/mol. The van der Waals surface area contributed by atoms with E-state index in [1.54, 1.807) is 12.4 Å². The van der Waals surface area contributed by atoms with Crippen molar-refractivity contribution in [3.63, 3.8) is 0 Å². The van der Waals surface area contributed by atoms with Crippen LogP contribution in [-0.2, 0) is 17.9 Å². The second-order valence-electron chi connectivity index (χ2n) is 7.79. The van der Waals surface area contributed by atoms with Gasteiger partial charge in [0.25, 0.3) is 0 Å². The zero-order valence-electron chi connectivity index (χ0n) is 15.8. The summed E-state index contributed by atoms with van der Waals surface area (Å²) in [5.41, 5.74) is 2.47. The number of hydrogen-bond donors (Lipinski definition) is 2. The van der Waals surface area contributed by atoms with Crippen molar-refractivity contribution in [1.29, 1.82) is 0 Å². The number of fused-ring (bicyclic) bond motifs is 2. The van der Waals surface area contributed by atoms with Crippen LogP contribution in [0.15, 0.2) is 24.5 Å². The van der Waals surface area contributed by atoms with Crippen LogP contribution in [-0.4, -0.2) is 38.1 Å². The minimum Gasteiger partial charge on any atom is -0.351 e. The molecule has 3 atom stereocenters. The van der Waals surface area contributed by atoms with Crippen LogP contribution >= 0.6 is 11.6 Å². The van der Waals surface area contributed by atoms with E-state index in [0.29, 0.717) is 24.2 Å². The van der Waals surface area contributed by atoms with Gasteiger partial charge in [0.05, 0.1) is 21.8 Å². The Morgan fingerprint density at radius 2 is 2.33 bits per heavy atom. The third-order valence-corrected chi connectivity index (χ3v) is 6.91. The number of rotatable bonds is 6. The van der Waals surface area contributed by atoms with E-state index < -0.39 is 0 Å². The van der Waals surface area contributed by atoms with E-state index in [4.69, 9.17) is 11.6 Å². The minimum absolute atomic E-state index is 0.162. The maximum atomic E-state index is 13.2. The third-order valence-electron chi connectivity index (χ3n) is 6.41. The summed E-state index contributed by atoms with van der Waals surface area (Å²) in [4.78, 5) is 19.8. The molecule has 2 aromatic heterocycles. The second-order valence-corrected chi connectivity index (χ2v) is 8.16. The van der Waals surface area contributed by atoms with Gasteiger partial charge in [-0.2, -0.15) is 5.10 Å². The fourth-order valence-corrected chi connectivity index (χ4v) is 5.08. The lowest BCUT2D eigenvalue weighted by Crippen LogP contribution is -2.48. The Bertz CT molecular complexity index is 823. The molecule has 2 aromatic rings. The van der Waals surface area contributed by atoms with Crippen LogP contribution in [0.5, 0.6) is 0 Å². The number of carbonyl (C=O) groups excluding carboxylic acids is 1. The summed E-state index contributed by atoms with van der Waals surface area (Å²) in [6, 6.07) is 4.55. The quantitative estimate of drug-likeness (QED) is 0.798. The van der Waals surface area contributed by atoms with Gasteiger partial charge in [-0.1, -0.05) is 24.6 Å². The predicted molar refractivity (Wildman–Crippen MR) is 104 cm³/mol. The van der Waals surface area contributed by atoms with E-state index in [1.165, 1.54) is 0 Å². The maximum Gasteiger partial charge on any atom is 0.228 e. The minimum atomic E-state index is -0.330. The molecule has 4 rings (SSSR count). The standard InChI is InChI=1S/C20H26ClN5O/c1-3-20(19(27)23-11-14-5-4-8-22-10-14)9-15-6-7-17(20)26(15)12-16-18(21)13(2)24-25-16/h4-5,8,10,15,17H,3,6-7,9,11-12H2,1-2H3,(H,23,27)(H,24,25)/t15-,17+,20+/m0/s1. The average Bonchev–Trinajstić information content (AvgIpc) is 3.34. The van der Waals surface area contributed by atoms with Crippen molar-refractivity contribution in [2.75, 3.05) is 0 Å². The van der Waals surface area contributed by atoms with Crippen LogP contribution < -0.4 is 5.32 Å². The van der Waals surface area contributed by atoms with E-state index in [-0.39, 0.29) is 17.4 Å². The number of nitrogens with zero attached hydrogens (tertiary/aromatic N) is 3. The van der Waals surface area contributed by atoms with Crippen LogP contribution in [0.2, 0.25) is 5.02 Å². The zero-order valence-corrected chi connectivity index (χ0v) is 16.6. The van der Waals surface area contributed by atoms with Crippen molar-refractivity contribution in [2.24, 2.45) is 5.41 Å². The fourth-order valence-electron chi connectivity index (χ4n) is 4.93. The second kappa shape index (κ2) is 7.24. The Balaban J connectivity index is 1.49. The highest BCUT2D eigenvalue weighted by Crippen LogP contribution is 2.52. The first kappa shape index (κ1) is 18.4. The number of hydrogen-bond acceptors (Lipinski definition) is 4. The molecule has 0 radical (unpaired) electrons. The van der Waals surface area contributed by atoms with Gasteiger partial charge in [0.1, 0.15) is 0 Å². The van der Waals surface area contributed by atoms with Gasteiger partial charge in [0, 0.05) is 37.6 Å². The lowest BCUT2D eigenvalue weighted by atomic mass is 9.71. The number of nitrogens with one attached hydrogen (secondary N) is 2. The van der Waals surface area contributed by atoms with E-state index in [9.17, 15) is 4.79 Å². The number of halogens is 1. The van der Waals surface area contributed by atoms with Crippen molar-refractivity contribution in [3.8, 4) is 0 Å². The highest BCUT2D eigenvalue weighted by molar-refractivity contribution is 6.31. The Morgan fingerprint density at radius 3 is 3.00 bits per heavy atom. The molecule has 0 spiro atoms. The molecule has 2 aliphatic heterocycles. The Hall–Kier alpha value is -1.92. The number of amides is 1. The summed E-state index contributed by atoms with van der Waals surface area (Å²) in [5.74, 6) is 0.162. The summed E-state index contributed by atoms with van der Waals surface area (Å²) in [7, 11) is 0. The van der Waals surface area contributed by atoms with Crippen LogP contribution in [0.3, 0.4) is 0 Å². The normalized spacial score (nSPS) is 27.2. The molecule has 7 heteroatoms. The van der Waals surface area contributed by atoms with Crippen molar-refractivity contribution < 1.29 is 4.79 Å². The number of carbonyl (C=O) groups is 1. The summed E-state index contributed by atoms with van der Waals surface area (Å²) in [5, 5.41) is 11.2. The van der Waals surface area contributed by atoms with Gasteiger partial charge in [-0.15, -0.1) is 0 Å². The van der Waals surface area contributed by atoms with E-state index >= 15 is 0 Å². The topological polar surface area (TPSA) is 73.9 Å². The number of H-pyrrole nitrogens is 1. The van der Waals surface area contributed by atoms with E-state index in [1.807, 2.05) is 19.1 Å². The summed E-state index contributed by atoms with van der Waals surface area (Å²) in [6.07, 6.45) is 7.50. The maximum absolute atomic E-state index is 13.2. The Labute approximate surface area is 164 Å². The summed E-state index contributed by atoms with van der Waals surface area (Å²) >= 11 is 6.38. The SMILES string of the molecule is CC[C@@]1(C(=O)NCc2cccnc2)C[C@@H]2CC[C@H]1N2Cc1n[nH]c(C)c1Cl. The summed E-state index contributed by atoms with van der Waals surface area (Å²) < 4.78 is 0. The molecule has 2 N–H and O–H groups in total. The molecular weight excluding hydrogens is 362 g/mol. The lowest BCUT2D eigenvalue weighted by Gasteiger charge is -2.35. The first-order chi connectivity index (χ1) is 13.0. The van der Waals surface area contributed by atoms with Gasteiger partial charge in [-0.3, -0.25) is 19.8 Å². The molecule has 0 aromatic carbocycles. The van der Waals surface area contributed by atoms with Gasteiger partial charge in [-0.05, 0) is 44.2 Å². The molecular formula is C20H26ClN5O. The zero-order chi connectivity index (χ0) is 19.0. The lowest BCUT2D eigenvalue weighted by molar-refractivity contribution is -0.133. The number of aromatic nitrogens is 3. The van der Waals surface area contributed by atoms with Crippen molar-refractivity contribution in [2.45, 2.75) is 64.7 Å². The van der Waals surface area contributed by atoms with Gasteiger partial charge in [-0.25, -0.2) is 0 Å². The molecule has 6 nitrogen and oxygen atoms in total. The molecule has 2 bridgehead atoms. The van der Waals surface area contributed by atoms with Crippen LogP contribution in [0.25, 0.3) is 0 Å². The highest BCUT2D eigenvalue weighted by Gasteiger charge is 2.58. The molecule has 0 saturated carbocycles. The van der Waals surface area contributed by atoms with Crippen molar-refractivity contribution in [1.82, 2.24) is 25.4 Å². The first-order valence-electron chi connectivity index (χ1n) is 9.67. The smallest absolute Gasteiger partial charge is 0.228 e. The Kier molecular flexibility index (Phi) is 4.95. The molecule has 1 amide bonds. The van der Waals surface area contributed by atoms with Crippen molar-refractivity contribution >= 4 is 17.5 Å². The largest absolute Gasteiger partial charge is 0.351 e. The molecule has 4 heterocycles. The van der Waals surface area contributed by atoms with Crippen LogP contribution in [0.1, 0.15) is 49.6 Å². The predicted octanol–water partition coefficient (Wildman–Crippen LogP) is 3.22. The van der Waals surface area contributed by atoms with Gasteiger partial charge in [0.15, 0.2) is 0 Å². The molecule has 0 unspecified atom stereocenters. The first-order valence-corrected chi connectivity index (χ1v) is 10.0. The Morgan fingerprint density at radius 1 is 1.48 bits per heavy atom. The monoisotopic (exact) mass is 387 g/mol. The molecule has 2 aliphatic rings. The number of aromatic amines is 1.